The van der Waals surface area contributed by atoms with E-state index in [0.717, 1.165) is 19.4 Å². The number of benzene rings is 1. The number of rotatable bonds is 6. The van der Waals surface area contributed by atoms with Crippen molar-refractivity contribution < 1.29 is 9.16 Å². The van der Waals surface area contributed by atoms with Crippen LogP contribution < -0.4 is 0 Å². The molecule has 0 saturated heterocycles. The Bertz CT molecular complexity index is 500. The van der Waals surface area contributed by atoms with Gasteiger partial charge in [0.1, 0.15) is 0 Å². The molecule has 0 saturated carbocycles. The summed E-state index contributed by atoms with van der Waals surface area (Å²) in [7, 11) is -1.66. The zero-order valence-corrected chi connectivity index (χ0v) is 15.7. The minimum atomic E-state index is -1.66. The quantitative estimate of drug-likeness (QED) is 0.522. The molecule has 1 aromatic carbocycles. The topological polar surface area (TPSA) is 18.5 Å². The molecule has 0 radical (unpaired) electrons. The molecule has 2 rings (SSSR count). The highest BCUT2D eigenvalue weighted by Crippen LogP contribution is 2.39. The second-order valence-electron chi connectivity index (χ2n) is 7.78. The molecular weight excluding hydrogens is 288 g/mol. The molecule has 1 aliphatic rings. The molecule has 1 aromatic rings. The third-order valence-corrected chi connectivity index (χ3v) is 9.36. The van der Waals surface area contributed by atoms with Gasteiger partial charge in [-0.15, -0.1) is 0 Å². The molecule has 1 aliphatic carbocycles. The van der Waals surface area contributed by atoms with Gasteiger partial charge in [-0.25, -0.2) is 0 Å². The SMILES string of the molecule is CC(C)(C)[Si](C)(C)O[C@H]1CC=C(COCc2ccccc2)C1. The zero-order chi connectivity index (χ0) is 16.2. The summed E-state index contributed by atoms with van der Waals surface area (Å²) in [5.41, 5.74) is 2.62. The van der Waals surface area contributed by atoms with E-state index in [1.54, 1.807) is 0 Å². The van der Waals surface area contributed by atoms with Crippen molar-refractivity contribution in [3.63, 3.8) is 0 Å². The normalized spacial score (nSPS) is 19.3. The molecular formula is C19H30O2Si. The lowest BCUT2D eigenvalue weighted by atomic mass is 10.2. The van der Waals surface area contributed by atoms with Crippen LogP contribution in [0.15, 0.2) is 42.0 Å². The number of ether oxygens (including phenoxy) is 1. The van der Waals surface area contributed by atoms with E-state index >= 15 is 0 Å². The lowest BCUT2D eigenvalue weighted by molar-refractivity contribution is 0.135. The third-order valence-electron chi connectivity index (χ3n) is 4.83. The molecule has 2 nitrogen and oxygen atoms in total. The van der Waals surface area contributed by atoms with Gasteiger partial charge in [-0.1, -0.05) is 57.2 Å². The van der Waals surface area contributed by atoms with Gasteiger partial charge >= 0.3 is 0 Å². The van der Waals surface area contributed by atoms with E-state index in [2.05, 4.69) is 64.2 Å². The average Bonchev–Trinajstić information content (AvgIpc) is 2.85. The van der Waals surface area contributed by atoms with Gasteiger partial charge in [0.15, 0.2) is 8.32 Å². The van der Waals surface area contributed by atoms with Crippen LogP contribution in [0.25, 0.3) is 0 Å². The fourth-order valence-electron chi connectivity index (χ4n) is 2.43. The van der Waals surface area contributed by atoms with Crippen LogP contribution in [0.5, 0.6) is 0 Å². The van der Waals surface area contributed by atoms with Crippen LogP contribution in [-0.4, -0.2) is 21.0 Å². The Morgan fingerprint density at radius 2 is 1.77 bits per heavy atom. The summed E-state index contributed by atoms with van der Waals surface area (Å²) >= 11 is 0. The number of hydrogen-bond acceptors (Lipinski definition) is 2. The van der Waals surface area contributed by atoms with E-state index in [1.807, 2.05) is 6.07 Å². The molecule has 0 aromatic heterocycles. The molecule has 0 N–H and O–H groups in total. The maximum absolute atomic E-state index is 6.49. The van der Waals surface area contributed by atoms with E-state index in [1.165, 1.54) is 11.1 Å². The van der Waals surface area contributed by atoms with Crippen molar-refractivity contribution in [3.8, 4) is 0 Å². The Kier molecular flexibility index (Phi) is 5.64. The smallest absolute Gasteiger partial charge is 0.192 e. The summed E-state index contributed by atoms with van der Waals surface area (Å²) in [5, 5.41) is 0.277. The third kappa shape index (κ3) is 4.80. The zero-order valence-electron chi connectivity index (χ0n) is 14.7. The van der Waals surface area contributed by atoms with Crippen LogP contribution in [0, 0.1) is 0 Å². The van der Waals surface area contributed by atoms with E-state index in [4.69, 9.17) is 9.16 Å². The van der Waals surface area contributed by atoms with Crippen LogP contribution >= 0.6 is 0 Å². The molecule has 0 bridgehead atoms. The van der Waals surface area contributed by atoms with Crippen molar-refractivity contribution >= 4 is 8.32 Å². The molecule has 0 aliphatic heterocycles. The highest BCUT2D eigenvalue weighted by Gasteiger charge is 2.39. The van der Waals surface area contributed by atoms with Crippen molar-refractivity contribution in [2.24, 2.45) is 0 Å². The standard InChI is InChI=1S/C19H30O2Si/c1-19(2,3)22(4,5)21-18-12-11-17(13-18)15-20-14-16-9-7-6-8-10-16/h6-11,18H,12-15H2,1-5H3/t18-/m0/s1. The maximum Gasteiger partial charge on any atom is 0.192 e. The summed E-state index contributed by atoms with van der Waals surface area (Å²) in [6.07, 6.45) is 4.73. The second kappa shape index (κ2) is 7.11. The summed E-state index contributed by atoms with van der Waals surface area (Å²) < 4.78 is 12.3. The van der Waals surface area contributed by atoms with E-state index in [-0.39, 0.29) is 5.04 Å². The predicted molar refractivity (Wildman–Crippen MR) is 95.5 cm³/mol. The van der Waals surface area contributed by atoms with Gasteiger partial charge in [0.2, 0.25) is 0 Å². The lowest BCUT2D eigenvalue weighted by Gasteiger charge is -2.38. The van der Waals surface area contributed by atoms with Crippen molar-refractivity contribution in [3.05, 3.63) is 47.5 Å². The summed E-state index contributed by atoms with van der Waals surface area (Å²) in [4.78, 5) is 0. The van der Waals surface area contributed by atoms with Gasteiger partial charge in [0.05, 0.1) is 19.3 Å². The van der Waals surface area contributed by atoms with Crippen molar-refractivity contribution in [2.75, 3.05) is 6.61 Å². The first kappa shape index (κ1) is 17.5. The maximum atomic E-state index is 6.49. The van der Waals surface area contributed by atoms with Gasteiger partial charge in [-0.3, -0.25) is 0 Å². The summed E-state index contributed by atoms with van der Waals surface area (Å²) in [6, 6.07) is 10.3. The van der Waals surface area contributed by atoms with Gasteiger partial charge in [0.25, 0.3) is 0 Å². The van der Waals surface area contributed by atoms with Crippen LogP contribution in [0.2, 0.25) is 18.1 Å². The van der Waals surface area contributed by atoms with Crippen molar-refractivity contribution in [1.82, 2.24) is 0 Å². The first-order chi connectivity index (χ1) is 10.3. The Hall–Kier alpha value is -0.903. The molecule has 0 unspecified atom stereocenters. The minimum absolute atomic E-state index is 0.277. The Labute approximate surface area is 136 Å². The second-order valence-corrected chi connectivity index (χ2v) is 12.5. The molecule has 0 heterocycles. The van der Waals surface area contributed by atoms with Crippen LogP contribution in [0.3, 0.4) is 0 Å². The molecule has 0 spiro atoms. The first-order valence-electron chi connectivity index (χ1n) is 8.25. The van der Waals surface area contributed by atoms with Gasteiger partial charge in [0, 0.05) is 0 Å². The Morgan fingerprint density at radius 3 is 2.41 bits per heavy atom. The fourth-order valence-corrected chi connectivity index (χ4v) is 3.80. The molecule has 122 valence electrons. The van der Waals surface area contributed by atoms with Gasteiger partial charge < -0.3 is 9.16 Å². The summed E-state index contributed by atoms with van der Waals surface area (Å²) in [6.45, 7) is 13.0. The number of hydrogen-bond donors (Lipinski definition) is 0. The fraction of sp³-hybridized carbons (Fsp3) is 0.579. The highest BCUT2D eigenvalue weighted by molar-refractivity contribution is 6.74. The first-order valence-corrected chi connectivity index (χ1v) is 11.2. The average molecular weight is 319 g/mol. The Morgan fingerprint density at radius 1 is 1.09 bits per heavy atom. The van der Waals surface area contributed by atoms with Gasteiger partial charge in [-0.2, -0.15) is 0 Å². The molecule has 3 heteroatoms. The van der Waals surface area contributed by atoms with E-state index < -0.39 is 8.32 Å². The minimum Gasteiger partial charge on any atom is -0.413 e. The predicted octanol–water partition coefficient (Wildman–Crippen LogP) is 5.31. The molecule has 0 fully saturated rings. The largest absolute Gasteiger partial charge is 0.413 e. The van der Waals surface area contributed by atoms with Crippen LogP contribution in [0.4, 0.5) is 0 Å². The molecule has 0 amide bonds. The molecule has 22 heavy (non-hydrogen) atoms. The monoisotopic (exact) mass is 318 g/mol. The van der Waals surface area contributed by atoms with Crippen molar-refractivity contribution in [2.45, 2.75) is 64.5 Å². The summed E-state index contributed by atoms with van der Waals surface area (Å²) in [5.74, 6) is 0. The molecule has 1 atom stereocenters. The van der Waals surface area contributed by atoms with Crippen LogP contribution in [0.1, 0.15) is 39.2 Å². The van der Waals surface area contributed by atoms with Crippen molar-refractivity contribution in [1.29, 1.82) is 0 Å². The van der Waals surface area contributed by atoms with Gasteiger partial charge in [-0.05, 0) is 42.1 Å². The highest BCUT2D eigenvalue weighted by atomic mass is 28.4. The van der Waals surface area contributed by atoms with E-state index in [9.17, 15) is 0 Å². The Balaban J connectivity index is 1.74. The van der Waals surface area contributed by atoms with E-state index in [0.29, 0.717) is 12.7 Å². The lowest BCUT2D eigenvalue weighted by Crippen LogP contribution is -2.43. The van der Waals surface area contributed by atoms with Crippen LogP contribution in [-0.2, 0) is 15.8 Å².